The summed E-state index contributed by atoms with van der Waals surface area (Å²) in [4.78, 5) is 10.2. The number of aromatic nitrogens is 3. The minimum atomic E-state index is 0.697. The molecule has 0 atom stereocenters. The SMILES string of the molecule is CN=C(NCCn1cncn1)N(C)Cc1ccccc1Cl. The van der Waals surface area contributed by atoms with Gasteiger partial charge in [-0.05, 0) is 11.6 Å². The number of rotatable bonds is 5. The van der Waals surface area contributed by atoms with Crippen molar-refractivity contribution < 1.29 is 0 Å². The van der Waals surface area contributed by atoms with E-state index in [9.17, 15) is 0 Å². The van der Waals surface area contributed by atoms with Crippen LogP contribution in [0.2, 0.25) is 5.02 Å². The van der Waals surface area contributed by atoms with Crippen LogP contribution in [-0.4, -0.2) is 46.3 Å². The Morgan fingerprint density at radius 1 is 1.43 bits per heavy atom. The second-order valence-corrected chi connectivity index (χ2v) is 4.99. The number of nitrogens with zero attached hydrogens (tertiary/aromatic N) is 5. The molecule has 0 radical (unpaired) electrons. The molecule has 0 unspecified atom stereocenters. The lowest BCUT2D eigenvalue weighted by Gasteiger charge is -2.22. The van der Waals surface area contributed by atoms with Gasteiger partial charge in [-0.15, -0.1) is 0 Å². The lowest BCUT2D eigenvalue weighted by Crippen LogP contribution is -2.39. The molecular weight excluding hydrogens is 288 g/mol. The van der Waals surface area contributed by atoms with Crippen LogP contribution in [0.4, 0.5) is 0 Å². The molecule has 0 bridgehead atoms. The third-order valence-corrected chi connectivity index (χ3v) is 3.40. The van der Waals surface area contributed by atoms with Gasteiger partial charge in [0.15, 0.2) is 5.96 Å². The number of hydrogen-bond acceptors (Lipinski definition) is 3. The summed E-state index contributed by atoms with van der Waals surface area (Å²) in [6, 6.07) is 7.82. The van der Waals surface area contributed by atoms with Crippen LogP contribution >= 0.6 is 11.6 Å². The number of nitrogens with one attached hydrogen (secondary N) is 1. The van der Waals surface area contributed by atoms with E-state index in [4.69, 9.17) is 11.6 Å². The smallest absolute Gasteiger partial charge is 0.193 e. The highest BCUT2D eigenvalue weighted by molar-refractivity contribution is 6.31. The van der Waals surface area contributed by atoms with Crippen LogP contribution in [0, 0.1) is 0 Å². The largest absolute Gasteiger partial charge is 0.354 e. The van der Waals surface area contributed by atoms with Crippen LogP contribution in [0.5, 0.6) is 0 Å². The Morgan fingerprint density at radius 2 is 2.24 bits per heavy atom. The predicted molar refractivity (Wildman–Crippen MR) is 84.3 cm³/mol. The van der Waals surface area contributed by atoms with Crippen molar-refractivity contribution in [2.24, 2.45) is 4.99 Å². The molecule has 112 valence electrons. The minimum absolute atomic E-state index is 0.697. The lowest BCUT2D eigenvalue weighted by molar-refractivity contribution is 0.470. The highest BCUT2D eigenvalue weighted by Gasteiger charge is 2.08. The van der Waals surface area contributed by atoms with E-state index in [2.05, 4.69) is 20.4 Å². The Labute approximate surface area is 129 Å². The fraction of sp³-hybridized carbons (Fsp3) is 0.357. The van der Waals surface area contributed by atoms with Crippen LogP contribution in [0.1, 0.15) is 5.56 Å². The maximum absolute atomic E-state index is 6.18. The van der Waals surface area contributed by atoms with Crippen molar-refractivity contribution in [3.05, 3.63) is 47.5 Å². The van der Waals surface area contributed by atoms with Crippen molar-refractivity contribution in [2.45, 2.75) is 13.1 Å². The molecule has 0 aliphatic carbocycles. The molecule has 1 N–H and O–H groups in total. The quantitative estimate of drug-likeness (QED) is 0.674. The molecule has 6 nitrogen and oxygen atoms in total. The summed E-state index contributed by atoms with van der Waals surface area (Å²) in [5.74, 6) is 0.815. The van der Waals surface area contributed by atoms with E-state index < -0.39 is 0 Å². The predicted octanol–water partition coefficient (Wildman–Crippen LogP) is 1.64. The normalized spacial score (nSPS) is 11.5. The van der Waals surface area contributed by atoms with Gasteiger partial charge in [-0.2, -0.15) is 5.10 Å². The third kappa shape index (κ3) is 4.46. The molecule has 0 saturated heterocycles. The molecule has 21 heavy (non-hydrogen) atoms. The maximum Gasteiger partial charge on any atom is 0.193 e. The number of aliphatic imine (C=N–C) groups is 1. The summed E-state index contributed by atoms with van der Waals surface area (Å²) < 4.78 is 1.77. The summed E-state index contributed by atoms with van der Waals surface area (Å²) in [6.45, 7) is 2.16. The minimum Gasteiger partial charge on any atom is -0.354 e. The molecule has 2 rings (SSSR count). The van der Waals surface area contributed by atoms with E-state index in [1.54, 1.807) is 18.1 Å². The fourth-order valence-corrected chi connectivity index (χ4v) is 2.17. The van der Waals surface area contributed by atoms with Gasteiger partial charge in [0, 0.05) is 32.2 Å². The lowest BCUT2D eigenvalue weighted by atomic mass is 10.2. The summed E-state index contributed by atoms with van der Waals surface area (Å²) in [5, 5.41) is 8.12. The van der Waals surface area contributed by atoms with Crippen molar-refractivity contribution >= 4 is 17.6 Å². The van der Waals surface area contributed by atoms with Gasteiger partial charge in [0.25, 0.3) is 0 Å². The molecule has 0 spiro atoms. The molecule has 7 heteroatoms. The zero-order valence-corrected chi connectivity index (χ0v) is 13.0. The van der Waals surface area contributed by atoms with E-state index in [0.717, 1.165) is 29.6 Å². The first-order chi connectivity index (χ1) is 10.2. The van der Waals surface area contributed by atoms with Crippen molar-refractivity contribution in [3.63, 3.8) is 0 Å². The van der Waals surface area contributed by atoms with Crippen molar-refractivity contribution in [2.75, 3.05) is 20.6 Å². The molecule has 1 aromatic carbocycles. The van der Waals surface area contributed by atoms with Crippen molar-refractivity contribution in [3.8, 4) is 0 Å². The van der Waals surface area contributed by atoms with Crippen LogP contribution in [0.15, 0.2) is 41.9 Å². The summed E-state index contributed by atoms with van der Waals surface area (Å²) in [7, 11) is 3.75. The number of guanidine groups is 1. The Balaban J connectivity index is 1.87. The molecule has 1 heterocycles. The Morgan fingerprint density at radius 3 is 2.90 bits per heavy atom. The molecule has 0 aliphatic heterocycles. The first-order valence-corrected chi connectivity index (χ1v) is 7.06. The molecule has 1 aromatic heterocycles. The van der Waals surface area contributed by atoms with Crippen LogP contribution in [0.25, 0.3) is 0 Å². The fourth-order valence-electron chi connectivity index (χ4n) is 1.97. The van der Waals surface area contributed by atoms with E-state index >= 15 is 0 Å². The van der Waals surface area contributed by atoms with Gasteiger partial charge in [0.1, 0.15) is 12.7 Å². The molecule has 0 saturated carbocycles. The molecule has 2 aromatic rings. The Hall–Kier alpha value is -2.08. The second-order valence-electron chi connectivity index (χ2n) is 4.58. The molecule has 0 amide bonds. The van der Waals surface area contributed by atoms with E-state index in [1.165, 1.54) is 6.33 Å². The average Bonchev–Trinajstić information content (AvgIpc) is 2.99. The van der Waals surface area contributed by atoms with E-state index in [1.807, 2.05) is 36.2 Å². The Kier molecular flexibility index (Phi) is 5.57. The number of halogens is 1. The highest BCUT2D eigenvalue weighted by Crippen LogP contribution is 2.16. The molecular formula is C14H19ClN6. The summed E-state index contributed by atoms with van der Waals surface area (Å²) >= 11 is 6.18. The van der Waals surface area contributed by atoms with Gasteiger partial charge in [-0.3, -0.25) is 9.67 Å². The second kappa shape index (κ2) is 7.64. The monoisotopic (exact) mass is 306 g/mol. The van der Waals surface area contributed by atoms with Gasteiger partial charge in [0.05, 0.1) is 6.54 Å². The highest BCUT2D eigenvalue weighted by atomic mass is 35.5. The van der Waals surface area contributed by atoms with Gasteiger partial charge >= 0.3 is 0 Å². The van der Waals surface area contributed by atoms with Gasteiger partial charge in [-0.25, -0.2) is 4.98 Å². The first-order valence-electron chi connectivity index (χ1n) is 6.68. The zero-order chi connectivity index (χ0) is 15.1. The van der Waals surface area contributed by atoms with Gasteiger partial charge in [0.2, 0.25) is 0 Å². The standard InChI is InChI=1S/C14H19ClN6/c1-16-14(18-7-8-21-11-17-10-19-21)20(2)9-12-5-3-4-6-13(12)15/h3-6,10-11H,7-9H2,1-2H3,(H,16,18). The summed E-state index contributed by atoms with van der Waals surface area (Å²) in [5.41, 5.74) is 1.07. The van der Waals surface area contributed by atoms with E-state index in [0.29, 0.717) is 6.54 Å². The zero-order valence-electron chi connectivity index (χ0n) is 12.2. The van der Waals surface area contributed by atoms with Gasteiger partial charge in [-0.1, -0.05) is 29.8 Å². The van der Waals surface area contributed by atoms with Crippen LogP contribution in [0.3, 0.4) is 0 Å². The molecule has 0 fully saturated rings. The number of hydrogen-bond donors (Lipinski definition) is 1. The average molecular weight is 307 g/mol. The first kappa shape index (κ1) is 15.3. The van der Waals surface area contributed by atoms with Crippen molar-refractivity contribution in [1.82, 2.24) is 25.0 Å². The van der Waals surface area contributed by atoms with Crippen LogP contribution < -0.4 is 5.32 Å². The third-order valence-electron chi connectivity index (χ3n) is 3.03. The van der Waals surface area contributed by atoms with Crippen LogP contribution in [-0.2, 0) is 13.1 Å². The van der Waals surface area contributed by atoms with Crippen molar-refractivity contribution in [1.29, 1.82) is 0 Å². The van der Waals surface area contributed by atoms with Gasteiger partial charge < -0.3 is 10.2 Å². The summed E-state index contributed by atoms with van der Waals surface area (Å²) in [6.07, 6.45) is 3.22. The maximum atomic E-state index is 6.18. The Bertz CT molecular complexity index is 581. The number of benzene rings is 1. The molecule has 0 aliphatic rings. The topological polar surface area (TPSA) is 58.3 Å². The van der Waals surface area contributed by atoms with E-state index in [-0.39, 0.29) is 0 Å².